The monoisotopic (exact) mass is 414 g/mol. The Balaban J connectivity index is 1.52. The molecule has 3 aromatic rings. The van der Waals surface area contributed by atoms with E-state index in [2.05, 4.69) is 25.5 Å². The molecule has 0 radical (unpaired) electrons. The molecule has 3 heterocycles. The number of aliphatic hydroxyl groups is 1. The van der Waals surface area contributed by atoms with Gasteiger partial charge in [-0.1, -0.05) is 12.1 Å². The number of aliphatic hydroxyl groups excluding tert-OH is 1. The zero-order chi connectivity index (χ0) is 21.3. The molecule has 1 saturated heterocycles. The van der Waals surface area contributed by atoms with Crippen LogP contribution in [0.15, 0.2) is 40.9 Å². The summed E-state index contributed by atoms with van der Waals surface area (Å²) in [7, 11) is 0. The molecule has 0 aliphatic carbocycles. The van der Waals surface area contributed by atoms with Gasteiger partial charge in [-0.15, -0.1) is 10.2 Å². The third-order valence-corrected chi connectivity index (χ3v) is 4.61. The van der Waals surface area contributed by atoms with E-state index < -0.39 is 30.1 Å². The SMILES string of the molecule is CC(Nc1nccc(N2C(=O)OCC2[C@@H](C)O)n1)c1nnc(-c2ccccc2F)o1. The molecule has 156 valence electrons. The predicted molar refractivity (Wildman–Crippen MR) is 103 cm³/mol. The second-order valence-electron chi connectivity index (χ2n) is 6.78. The number of amides is 1. The first-order valence-corrected chi connectivity index (χ1v) is 9.26. The summed E-state index contributed by atoms with van der Waals surface area (Å²) in [5, 5.41) is 20.8. The van der Waals surface area contributed by atoms with Crippen molar-refractivity contribution in [2.75, 3.05) is 16.8 Å². The van der Waals surface area contributed by atoms with Crippen molar-refractivity contribution in [2.45, 2.75) is 32.0 Å². The fourth-order valence-electron chi connectivity index (χ4n) is 3.02. The van der Waals surface area contributed by atoms with Gasteiger partial charge in [0.25, 0.3) is 5.89 Å². The van der Waals surface area contributed by atoms with E-state index in [-0.39, 0.29) is 35.7 Å². The van der Waals surface area contributed by atoms with E-state index in [0.29, 0.717) is 0 Å². The molecule has 1 aliphatic heterocycles. The Kier molecular flexibility index (Phi) is 5.27. The number of benzene rings is 1. The van der Waals surface area contributed by atoms with Gasteiger partial charge in [0.1, 0.15) is 30.3 Å². The van der Waals surface area contributed by atoms with Gasteiger partial charge in [-0.3, -0.25) is 4.90 Å². The summed E-state index contributed by atoms with van der Waals surface area (Å²) in [5.41, 5.74) is 0.207. The average molecular weight is 414 g/mol. The topological polar surface area (TPSA) is 127 Å². The van der Waals surface area contributed by atoms with Gasteiger partial charge in [0.2, 0.25) is 11.8 Å². The summed E-state index contributed by atoms with van der Waals surface area (Å²) < 4.78 is 24.5. The predicted octanol–water partition coefficient (Wildman–Crippen LogP) is 2.54. The molecule has 1 aromatic carbocycles. The van der Waals surface area contributed by atoms with Gasteiger partial charge in [-0.2, -0.15) is 4.98 Å². The molecular weight excluding hydrogens is 395 g/mol. The van der Waals surface area contributed by atoms with Crippen molar-refractivity contribution in [3.8, 4) is 11.5 Å². The summed E-state index contributed by atoms with van der Waals surface area (Å²) in [6.45, 7) is 3.39. The van der Waals surface area contributed by atoms with Gasteiger partial charge in [0, 0.05) is 6.20 Å². The van der Waals surface area contributed by atoms with Crippen LogP contribution in [0.4, 0.5) is 21.0 Å². The van der Waals surface area contributed by atoms with Crippen LogP contribution >= 0.6 is 0 Å². The summed E-state index contributed by atoms with van der Waals surface area (Å²) in [6.07, 6.45) is 0.0858. The van der Waals surface area contributed by atoms with Crippen LogP contribution in [0.5, 0.6) is 0 Å². The summed E-state index contributed by atoms with van der Waals surface area (Å²) >= 11 is 0. The summed E-state index contributed by atoms with van der Waals surface area (Å²) in [5.74, 6) is 0.297. The molecule has 0 bridgehead atoms. The minimum atomic E-state index is -0.794. The van der Waals surface area contributed by atoms with Crippen molar-refractivity contribution < 1.29 is 23.4 Å². The molecular formula is C19H19FN6O4. The molecule has 0 spiro atoms. The first-order valence-electron chi connectivity index (χ1n) is 9.26. The van der Waals surface area contributed by atoms with Crippen molar-refractivity contribution in [3.05, 3.63) is 48.2 Å². The summed E-state index contributed by atoms with van der Waals surface area (Å²) in [6, 6.07) is 6.61. The lowest BCUT2D eigenvalue weighted by atomic mass is 10.2. The van der Waals surface area contributed by atoms with Crippen LogP contribution in [-0.4, -0.2) is 50.1 Å². The van der Waals surface area contributed by atoms with Crippen LogP contribution in [0.25, 0.3) is 11.5 Å². The van der Waals surface area contributed by atoms with Crippen molar-refractivity contribution >= 4 is 17.9 Å². The van der Waals surface area contributed by atoms with E-state index in [1.54, 1.807) is 38.1 Å². The molecule has 10 nitrogen and oxygen atoms in total. The van der Waals surface area contributed by atoms with Crippen LogP contribution in [-0.2, 0) is 4.74 Å². The van der Waals surface area contributed by atoms with Crippen LogP contribution in [0.1, 0.15) is 25.8 Å². The molecule has 1 aliphatic rings. The number of aromatic nitrogens is 4. The quantitative estimate of drug-likeness (QED) is 0.625. The molecule has 0 saturated carbocycles. The third-order valence-electron chi connectivity index (χ3n) is 4.61. The van der Waals surface area contributed by atoms with E-state index in [0.717, 1.165) is 0 Å². The smallest absolute Gasteiger partial charge is 0.416 e. The Morgan fingerprint density at radius 3 is 2.83 bits per heavy atom. The van der Waals surface area contributed by atoms with Gasteiger partial charge in [-0.05, 0) is 32.0 Å². The van der Waals surface area contributed by atoms with Crippen molar-refractivity contribution in [1.29, 1.82) is 0 Å². The van der Waals surface area contributed by atoms with Crippen molar-refractivity contribution in [1.82, 2.24) is 20.2 Å². The number of rotatable bonds is 6. The molecule has 2 N–H and O–H groups in total. The lowest BCUT2D eigenvalue weighted by Gasteiger charge is -2.22. The molecule has 11 heteroatoms. The lowest BCUT2D eigenvalue weighted by Crippen LogP contribution is -2.41. The minimum Gasteiger partial charge on any atom is -0.447 e. The van der Waals surface area contributed by atoms with Crippen molar-refractivity contribution in [3.63, 3.8) is 0 Å². The molecule has 3 atom stereocenters. The zero-order valence-corrected chi connectivity index (χ0v) is 16.2. The Morgan fingerprint density at radius 1 is 1.27 bits per heavy atom. The number of cyclic esters (lactones) is 1. The molecule has 1 amide bonds. The van der Waals surface area contributed by atoms with Gasteiger partial charge in [-0.25, -0.2) is 14.2 Å². The Labute approximate surface area is 170 Å². The Morgan fingerprint density at radius 2 is 2.07 bits per heavy atom. The number of nitrogens with zero attached hydrogens (tertiary/aromatic N) is 5. The summed E-state index contributed by atoms with van der Waals surface area (Å²) in [4.78, 5) is 21.8. The van der Waals surface area contributed by atoms with Crippen molar-refractivity contribution in [2.24, 2.45) is 0 Å². The fourth-order valence-corrected chi connectivity index (χ4v) is 3.02. The van der Waals surface area contributed by atoms with E-state index in [1.807, 2.05) is 0 Å². The van der Waals surface area contributed by atoms with E-state index in [9.17, 15) is 14.3 Å². The zero-order valence-electron chi connectivity index (χ0n) is 16.2. The number of halogens is 1. The highest BCUT2D eigenvalue weighted by atomic mass is 19.1. The largest absolute Gasteiger partial charge is 0.447 e. The Hall–Kier alpha value is -3.60. The molecule has 2 unspecified atom stereocenters. The number of ether oxygens (including phenoxy) is 1. The van der Waals surface area contributed by atoms with Gasteiger partial charge in [0.15, 0.2) is 0 Å². The molecule has 4 rings (SSSR count). The standard InChI is InChI=1S/C19H19FN6O4/c1-10(16-24-25-17(30-16)12-5-3-4-6-13(12)20)22-18-21-8-7-15(23-18)26-14(11(2)27)9-29-19(26)28/h3-8,10-11,14,27H,9H2,1-2H3,(H,21,22,23)/t10?,11-,14?/m1/s1. The Bertz CT molecular complexity index is 1060. The number of anilines is 2. The fraction of sp³-hybridized carbons (Fsp3) is 0.316. The van der Waals surface area contributed by atoms with Gasteiger partial charge < -0.3 is 19.6 Å². The number of hydrogen-bond acceptors (Lipinski definition) is 9. The average Bonchev–Trinajstić information content (AvgIpc) is 3.36. The molecule has 1 fully saturated rings. The van der Waals surface area contributed by atoms with Crippen LogP contribution in [0, 0.1) is 5.82 Å². The number of carbonyl (C=O) groups is 1. The number of carbonyl (C=O) groups excluding carboxylic acids is 1. The second-order valence-corrected chi connectivity index (χ2v) is 6.78. The first kappa shape index (κ1) is 19.7. The maximum atomic E-state index is 13.9. The van der Waals surface area contributed by atoms with E-state index in [1.165, 1.54) is 17.2 Å². The van der Waals surface area contributed by atoms with Crippen LogP contribution in [0.2, 0.25) is 0 Å². The van der Waals surface area contributed by atoms with Crippen LogP contribution < -0.4 is 10.2 Å². The molecule has 2 aromatic heterocycles. The maximum Gasteiger partial charge on any atom is 0.416 e. The second kappa shape index (κ2) is 8.03. The highest BCUT2D eigenvalue weighted by Gasteiger charge is 2.38. The lowest BCUT2D eigenvalue weighted by molar-refractivity contribution is 0.142. The van der Waals surface area contributed by atoms with Gasteiger partial charge in [0.05, 0.1) is 11.7 Å². The van der Waals surface area contributed by atoms with Gasteiger partial charge >= 0.3 is 6.09 Å². The third kappa shape index (κ3) is 3.79. The number of hydrogen-bond donors (Lipinski definition) is 2. The van der Waals surface area contributed by atoms with Crippen LogP contribution in [0.3, 0.4) is 0 Å². The highest BCUT2D eigenvalue weighted by molar-refractivity contribution is 5.89. The van der Waals surface area contributed by atoms with E-state index >= 15 is 0 Å². The molecule has 30 heavy (non-hydrogen) atoms. The maximum absolute atomic E-state index is 13.9. The minimum absolute atomic E-state index is 0.0611. The number of nitrogens with one attached hydrogen (secondary N) is 1. The van der Waals surface area contributed by atoms with E-state index in [4.69, 9.17) is 9.15 Å². The first-order chi connectivity index (χ1) is 14.4. The highest BCUT2D eigenvalue weighted by Crippen LogP contribution is 2.26. The normalized spacial score (nSPS) is 18.2.